The summed E-state index contributed by atoms with van der Waals surface area (Å²) in [4.78, 5) is 2.36. The molecule has 7 aromatic carbocycles. The Hall–Kier alpha value is -5.34. The van der Waals surface area contributed by atoms with E-state index in [9.17, 15) is 0 Å². The van der Waals surface area contributed by atoms with Crippen LogP contribution in [0.5, 0.6) is 0 Å². The van der Waals surface area contributed by atoms with E-state index in [0.29, 0.717) is 0 Å². The van der Waals surface area contributed by atoms with Gasteiger partial charge in [-0.05, 0) is 58.7 Å². The number of nitrogens with two attached hydrogens (primary N) is 1. The smallest absolute Gasteiger partial charge is 0.0620 e. The molecule has 0 saturated heterocycles. The minimum atomic E-state index is 0.798. The monoisotopic (exact) mass is 512 g/mol. The van der Waals surface area contributed by atoms with Crippen LogP contribution >= 0.6 is 0 Å². The van der Waals surface area contributed by atoms with E-state index in [2.05, 4.69) is 157 Å². The van der Waals surface area contributed by atoms with Crippen molar-refractivity contribution in [2.45, 2.75) is 0 Å². The standard InChI is InChI=1S/C38H28N2/c39-37-33-23-21-30(28-15-7-2-8-16-28)26-36(33)38(34-24-22-29(25-35(34)37)27-13-5-1-6-14-27)40(31-17-9-3-10-18-31)32-19-11-4-12-20-32/h1-26H,39H2. The molecule has 190 valence electrons. The van der Waals surface area contributed by atoms with Gasteiger partial charge in [0.1, 0.15) is 0 Å². The molecule has 0 aliphatic carbocycles. The lowest BCUT2D eigenvalue weighted by atomic mass is 9.92. The molecular weight excluding hydrogens is 484 g/mol. The van der Waals surface area contributed by atoms with Crippen molar-refractivity contribution in [2.75, 3.05) is 10.6 Å². The fourth-order valence-electron chi connectivity index (χ4n) is 5.66. The molecule has 2 nitrogen and oxygen atoms in total. The van der Waals surface area contributed by atoms with Gasteiger partial charge >= 0.3 is 0 Å². The summed E-state index contributed by atoms with van der Waals surface area (Å²) >= 11 is 0. The summed E-state index contributed by atoms with van der Waals surface area (Å²) in [5.74, 6) is 0. The Bertz CT molecular complexity index is 1890. The average molecular weight is 513 g/mol. The third-order valence-corrected chi connectivity index (χ3v) is 7.60. The molecule has 7 rings (SSSR count). The number of anilines is 4. The van der Waals surface area contributed by atoms with Gasteiger partial charge in [-0.2, -0.15) is 0 Å². The van der Waals surface area contributed by atoms with E-state index in [0.717, 1.165) is 55.4 Å². The number of hydrogen-bond donors (Lipinski definition) is 1. The van der Waals surface area contributed by atoms with Crippen LogP contribution in [0.15, 0.2) is 158 Å². The first kappa shape index (κ1) is 23.8. The number of nitrogens with zero attached hydrogens (tertiary/aromatic N) is 1. The Morgan fingerprint density at radius 3 is 1.27 bits per heavy atom. The average Bonchev–Trinajstić information content (AvgIpc) is 3.04. The number of benzene rings is 7. The largest absolute Gasteiger partial charge is 0.398 e. The van der Waals surface area contributed by atoms with Gasteiger partial charge in [-0.3, -0.25) is 0 Å². The maximum atomic E-state index is 7.02. The summed E-state index contributed by atoms with van der Waals surface area (Å²) in [5, 5.41) is 4.33. The van der Waals surface area contributed by atoms with E-state index in [-0.39, 0.29) is 0 Å². The maximum Gasteiger partial charge on any atom is 0.0620 e. The molecular formula is C38H28N2. The maximum absolute atomic E-state index is 7.02. The van der Waals surface area contributed by atoms with Crippen LogP contribution in [0.25, 0.3) is 43.8 Å². The summed E-state index contributed by atoms with van der Waals surface area (Å²) < 4.78 is 0. The molecule has 2 N–H and O–H groups in total. The minimum Gasteiger partial charge on any atom is -0.398 e. The fourth-order valence-corrected chi connectivity index (χ4v) is 5.66. The Morgan fingerprint density at radius 1 is 0.350 bits per heavy atom. The Balaban J connectivity index is 1.60. The summed E-state index contributed by atoms with van der Waals surface area (Å²) in [5.41, 5.74) is 15.8. The van der Waals surface area contributed by atoms with Gasteiger partial charge in [-0.25, -0.2) is 0 Å². The van der Waals surface area contributed by atoms with Crippen LogP contribution in [0.1, 0.15) is 0 Å². The van der Waals surface area contributed by atoms with Gasteiger partial charge in [-0.15, -0.1) is 0 Å². The van der Waals surface area contributed by atoms with Crippen LogP contribution in [-0.2, 0) is 0 Å². The molecule has 0 spiro atoms. The van der Waals surface area contributed by atoms with Crippen LogP contribution in [0.3, 0.4) is 0 Å². The zero-order chi connectivity index (χ0) is 26.9. The first-order chi connectivity index (χ1) is 19.8. The van der Waals surface area contributed by atoms with Gasteiger partial charge in [0, 0.05) is 38.6 Å². The SMILES string of the molecule is Nc1c2cc(-c3ccccc3)ccc2c(N(c2ccccc2)c2ccccc2)c2cc(-c3ccccc3)ccc12. The normalized spacial score (nSPS) is 11.1. The zero-order valence-electron chi connectivity index (χ0n) is 22.0. The van der Waals surface area contributed by atoms with Gasteiger partial charge in [0.25, 0.3) is 0 Å². The molecule has 0 aliphatic rings. The third-order valence-electron chi connectivity index (χ3n) is 7.60. The summed E-state index contributed by atoms with van der Waals surface area (Å²) in [6.07, 6.45) is 0. The van der Waals surface area contributed by atoms with E-state index < -0.39 is 0 Å². The van der Waals surface area contributed by atoms with Crippen LogP contribution in [-0.4, -0.2) is 0 Å². The van der Waals surface area contributed by atoms with Crippen molar-refractivity contribution in [3.05, 3.63) is 158 Å². The minimum absolute atomic E-state index is 0.798. The molecule has 0 atom stereocenters. The van der Waals surface area contributed by atoms with Crippen molar-refractivity contribution in [3.63, 3.8) is 0 Å². The van der Waals surface area contributed by atoms with Gasteiger partial charge in [0.15, 0.2) is 0 Å². The second-order valence-electron chi connectivity index (χ2n) is 10.0. The highest BCUT2D eigenvalue weighted by atomic mass is 15.1. The zero-order valence-corrected chi connectivity index (χ0v) is 22.0. The number of rotatable bonds is 5. The van der Waals surface area contributed by atoms with Gasteiger partial charge < -0.3 is 10.6 Å². The Morgan fingerprint density at radius 2 is 0.775 bits per heavy atom. The second-order valence-corrected chi connectivity index (χ2v) is 10.0. The fraction of sp³-hybridized carbons (Fsp3) is 0. The molecule has 0 fully saturated rings. The van der Waals surface area contributed by atoms with Crippen molar-refractivity contribution in [1.29, 1.82) is 0 Å². The van der Waals surface area contributed by atoms with Gasteiger partial charge in [0.05, 0.1) is 5.69 Å². The predicted octanol–water partition coefficient (Wildman–Crippen LogP) is 10.4. The van der Waals surface area contributed by atoms with Crippen LogP contribution in [0.2, 0.25) is 0 Å². The lowest BCUT2D eigenvalue weighted by Crippen LogP contribution is -2.11. The van der Waals surface area contributed by atoms with E-state index in [1.165, 1.54) is 11.1 Å². The van der Waals surface area contributed by atoms with Gasteiger partial charge in [-0.1, -0.05) is 121 Å². The Kier molecular flexibility index (Phi) is 5.99. The molecule has 0 aromatic heterocycles. The van der Waals surface area contributed by atoms with E-state index in [1.54, 1.807) is 0 Å². The first-order valence-corrected chi connectivity index (χ1v) is 13.6. The van der Waals surface area contributed by atoms with Crippen molar-refractivity contribution in [1.82, 2.24) is 0 Å². The van der Waals surface area contributed by atoms with E-state index >= 15 is 0 Å². The molecule has 0 unspecified atom stereocenters. The molecule has 7 aromatic rings. The lowest BCUT2D eigenvalue weighted by molar-refractivity contribution is 1.31. The van der Waals surface area contributed by atoms with Gasteiger partial charge in [0.2, 0.25) is 0 Å². The van der Waals surface area contributed by atoms with Crippen molar-refractivity contribution >= 4 is 44.3 Å². The molecule has 0 saturated carbocycles. The van der Waals surface area contributed by atoms with Crippen LogP contribution in [0, 0.1) is 0 Å². The highest BCUT2D eigenvalue weighted by Gasteiger charge is 2.21. The molecule has 0 aliphatic heterocycles. The second kappa shape index (κ2) is 10.1. The Labute approximate surface area is 234 Å². The van der Waals surface area contributed by atoms with Crippen molar-refractivity contribution < 1.29 is 0 Å². The molecule has 0 bridgehead atoms. The van der Waals surface area contributed by atoms with Crippen molar-refractivity contribution in [2.24, 2.45) is 0 Å². The van der Waals surface area contributed by atoms with Crippen LogP contribution < -0.4 is 10.6 Å². The molecule has 0 radical (unpaired) electrons. The van der Waals surface area contributed by atoms with E-state index in [1.807, 2.05) is 6.07 Å². The van der Waals surface area contributed by atoms with Crippen molar-refractivity contribution in [3.8, 4) is 22.3 Å². The summed E-state index contributed by atoms with van der Waals surface area (Å²) in [6, 6.07) is 55.5. The number of nitrogen functional groups attached to an aromatic ring is 1. The number of fused-ring (bicyclic) bond motifs is 2. The first-order valence-electron chi connectivity index (χ1n) is 13.6. The highest BCUT2D eigenvalue weighted by molar-refractivity contribution is 6.22. The third kappa shape index (κ3) is 4.16. The summed E-state index contributed by atoms with van der Waals surface area (Å²) in [7, 11) is 0. The van der Waals surface area contributed by atoms with Crippen LogP contribution in [0.4, 0.5) is 22.7 Å². The lowest BCUT2D eigenvalue weighted by Gasteiger charge is -2.29. The quantitative estimate of drug-likeness (QED) is 0.141. The summed E-state index contributed by atoms with van der Waals surface area (Å²) in [6.45, 7) is 0. The molecule has 0 amide bonds. The highest BCUT2D eigenvalue weighted by Crippen LogP contribution is 2.47. The topological polar surface area (TPSA) is 29.3 Å². The number of hydrogen-bond acceptors (Lipinski definition) is 2. The molecule has 40 heavy (non-hydrogen) atoms. The molecule has 0 heterocycles. The number of para-hydroxylation sites is 2. The predicted molar refractivity (Wildman–Crippen MR) is 171 cm³/mol. The molecule has 2 heteroatoms. The van der Waals surface area contributed by atoms with E-state index in [4.69, 9.17) is 5.73 Å².